The van der Waals surface area contributed by atoms with Crippen LogP contribution in [0.15, 0.2) is 0 Å². The number of thioether (sulfide) groups is 1. The van der Waals surface area contributed by atoms with Gasteiger partial charge in [-0.05, 0) is 51.7 Å². The number of likely N-dealkylation sites (tertiary alicyclic amines) is 1. The molecule has 2 rings (SSSR count). The van der Waals surface area contributed by atoms with Crippen molar-refractivity contribution in [3.8, 4) is 0 Å². The Morgan fingerprint density at radius 3 is 2.58 bits per heavy atom. The average molecular weight is 287 g/mol. The van der Waals surface area contributed by atoms with Crippen molar-refractivity contribution in [3.63, 3.8) is 0 Å². The number of carbonyl (C=O) groups excluding carboxylic acids is 1. The Bertz CT molecular complexity index is 332. The minimum atomic E-state index is -0.429. The van der Waals surface area contributed by atoms with E-state index in [0.717, 1.165) is 38.1 Å². The average Bonchev–Trinajstić information content (AvgIpc) is 2.70. The molecule has 2 fully saturated rings. The fraction of sp³-hybridized carbons (Fsp3) is 0.929. The molecule has 1 spiro atoms. The Labute approximate surface area is 119 Å². The SMILES string of the molecule is CC(C)(C)OC(=O)N1CCC2(CC1)SCCC2CO. The normalized spacial score (nSPS) is 26.7. The van der Waals surface area contributed by atoms with Crippen LogP contribution < -0.4 is 0 Å². The lowest BCUT2D eigenvalue weighted by atomic mass is 9.82. The van der Waals surface area contributed by atoms with Gasteiger partial charge in [-0.15, -0.1) is 0 Å². The summed E-state index contributed by atoms with van der Waals surface area (Å²) < 4.78 is 5.61. The first kappa shape index (κ1) is 15.0. The number of rotatable bonds is 1. The lowest BCUT2D eigenvalue weighted by molar-refractivity contribution is 0.0172. The highest BCUT2D eigenvalue weighted by Gasteiger charge is 2.46. The second-order valence-corrected chi connectivity index (χ2v) is 8.06. The Hall–Kier alpha value is -0.420. The molecule has 0 aromatic carbocycles. The fourth-order valence-electron chi connectivity index (χ4n) is 2.99. The molecule has 4 nitrogen and oxygen atoms in total. The largest absolute Gasteiger partial charge is 0.444 e. The third-order valence-corrected chi connectivity index (χ3v) is 5.84. The highest BCUT2D eigenvalue weighted by atomic mass is 32.2. The zero-order chi connectivity index (χ0) is 14.1. The maximum Gasteiger partial charge on any atom is 0.410 e. The Kier molecular flexibility index (Phi) is 4.35. The standard InChI is InChI=1S/C14H25NO3S/c1-13(2,3)18-12(17)15-7-5-14(6-8-15)11(10-16)4-9-19-14/h11,16H,4-10H2,1-3H3. The van der Waals surface area contributed by atoms with Gasteiger partial charge in [-0.25, -0.2) is 4.79 Å². The van der Waals surface area contributed by atoms with Crippen LogP contribution in [0.5, 0.6) is 0 Å². The van der Waals surface area contributed by atoms with Crippen LogP contribution in [0, 0.1) is 5.92 Å². The van der Waals surface area contributed by atoms with Crippen LogP contribution in [-0.2, 0) is 4.74 Å². The summed E-state index contributed by atoms with van der Waals surface area (Å²) in [4.78, 5) is 13.8. The van der Waals surface area contributed by atoms with Crippen LogP contribution in [0.1, 0.15) is 40.0 Å². The van der Waals surface area contributed by atoms with Gasteiger partial charge in [0.15, 0.2) is 0 Å². The maximum absolute atomic E-state index is 12.0. The van der Waals surface area contributed by atoms with Crippen LogP contribution in [0.2, 0.25) is 0 Å². The number of aliphatic hydroxyl groups excluding tert-OH is 1. The minimum absolute atomic E-state index is 0.202. The molecule has 1 atom stereocenters. The van der Waals surface area contributed by atoms with Crippen LogP contribution in [0.3, 0.4) is 0 Å². The van der Waals surface area contributed by atoms with Crippen molar-refractivity contribution in [2.75, 3.05) is 25.4 Å². The summed E-state index contributed by atoms with van der Waals surface area (Å²) in [6.07, 6.45) is 2.85. The number of nitrogens with zero attached hydrogens (tertiary/aromatic N) is 1. The monoisotopic (exact) mass is 287 g/mol. The van der Waals surface area contributed by atoms with Crippen LogP contribution >= 0.6 is 11.8 Å². The van der Waals surface area contributed by atoms with E-state index in [-0.39, 0.29) is 17.4 Å². The molecule has 1 unspecified atom stereocenters. The van der Waals surface area contributed by atoms with E-state index in [2.05, 4.69) is 0 Å². The Morgan fingerprint density at radius 2 is 2.05 bits per heavy atom. The molecule has 1 N–H and O–H groups in total. The number of hydrogen-bond acceptors (Lipinski definition) is 4. The zero-order valence-electron chi connectivity index (χ0n) is 12.1. The summed E-state index contributed by atoms with van der Waals surface area (Å²) in [7, 11) is 0. The van der Waals surface area contributed by atoms with E-state index in [1.54, 1.807) is 0 Å². The van der Waals surface area contributed by atoms with Gasteiger partial charge in [-0.2, -0.15) is 11.8 Å². The van der Waals surface area contributed by atoms with E-state index in [4.69, 9.17) is 4.74 Å². The van der Waals surface area contributed by atoms with Crippen molar-refractivity contribution < 1.29 is 14.6 Å². The molecule has 2 saturated heterocycles. The molecule has 110 valence electrons. The molecule has 0 saturated carbocycles. The smallest absolute Gasteiger partial charge is 0.410 e. The van der Waals surface area contributed by atoms with Crippen molar-refractivity contribution in [1.82, 2.24) is 4.90 Å². The second-order valence-electron chi connectivity index (χ2n) is 6.55. The number of ether oxygens (including phenoxy) is 1. The molecule has 0 radical (unpaired) electrons. The second kappa shape index (κ2) is 5.52. The number of hydrogen-bond donors (Lipinski definition) is 1. The van der Waals surface area contributed by atoms with Crippen LogP contribution in [0.25, 0.3) is 0 Å². The van der Waals surface area contributed by atoms with E-state index in [1.165, 1.54) is 0 Å². The highest BCUT2D eigenvalue weighted by molar-refractivity contribution is 8.00. The lowest BCUT2D eigenvalue weighted by Gasteiger charge is -2.42. The maximum atomic E-state index is 12.0. The highest BCUT2D eigenvalue weighted by Crippen LogP contribution is 2.49. The summed E-state index contributed by atoms with van der Waals surface area (Å²) in [5, 5.41) is 9.49. The summed E-state index contributed by atoms with van der Waals surface area (Å²) in [5.74, 6) is 1.54. The minimum Gasteiger partial charge on any atom is -0.444 e. The van der Waals surface area contributed by atoms with E-state index in [9.17, 15) is 9.90 Å². The van der Waals surface area contributed by atoms with Crippen molar-refractivity contribution >= 4 is 17.9 Å². The van der Waals surface area contributed by atoms with Crippen molar-refractivity contribution in [1.29, 1.82) is 0 Å². The van der Waals surface area contributed by atoms with Gasteiger partial charge >= 0.3 is 6.09 Å². The summed E-state index contributed by atoms with van der Waals surface area (Å²) in [6, 6.07) is 0. The van der Waals surface area contributed by atoms with Crippen LogP contribution in [0.4, 0.5) is 4.79 Å². The van der Waals surface area contributed by atoms with Crippen LogP contribution in [-0.4, -0.2) is 51.9 Å². The Morgan fingerprint density at radius 1 is 1.42 bits per heavy atom. The van der Waals surface area contributed by atoms with Gasteiger partial charge in [0.2, 0.25) is 0 Å². The van der Waals surface area contributed by atoms with E-state index < -0.39 is 5.60 Å². The predicted octanol–water partition coefficient (Wildman–Crippen LogP) is 2.50. The van der Waals surface area contributed by atoms with Gasteiger partial charge in [-0.1, -0.05) is 0 Å². The first-order chi connectivity index (χ1) is 8.86. The quantitative estimate of drug-likeness (QED) is 0.805. The molecule has 19 heavy (non-hydrogen) atoms. The molecule has 0 bridgehead atoms. The van der Waals surface area contributed by atoms with Gasteiger partial charge in [0, 0.05) is 24.4 Å². The number of aliphatic hydroxyl groups is 1. The first-order valence-corrected chi connectivity index (χ1v) is 8.08. The van der Waals surface area contributed by atoms with Crippen molar-refractivity contribution in [2.45, 2.75) is 50.4 Å². The number of piperidine rings is 1. The summed E-state index contributed by atoms with van der Waals surface area (Å²) >= 11 is 1.99. The molecule has 0 aliphatic carbocycles. The predicted molar refractivity (Wildman–Crippen MR) is 77.4 cm³/mol. The molecule has 2 heterocycles. The van der Waals surface area contributed by atoms with Crippen molar-refractivity contribution in [3.05, 3.63) is 0 Å². The van der Waals surface area contributed by atoms with E-state index in [1.807, 2.05) is 37.4 Å². The molecule has 2 aliphatic heterocycles. The molecule has 5 heteroatoms. The van der Waals surface area contributed by atoms with Crippen molar-refractivity contribution in [2.24, 2.45) is 5.92 Å². The number of amides is 1. The van der Waals surface area contributed by atoms with Gasteiger partial charge in [-0.3, -0.25) is 0 Å². The lowest BCUT2D eigenvalue weighted by Crippen LogP contribution is -2.48. The molecular weight excluding hydrogens is 262 g/mol. The molecule has 2 aliphatic rings. The van der Waals surface area contributed by atoms with Gasteiger partial charge in [0.05, 0.1) is 0 Å². The third-order valence-electron chi connectivity index (χ3n) is 4.08. The fourth-order valence-corrected chi connectivity index (χ4v) is 4.70. The molecule has 0 aromatic heterocycles. The molecule has 0 aromatic rings. The number of carbonyl (C=O) groups is 1. The van der Waals surface area contributed by atoms with Gasteiger partial charge in [0.1, 0.15) is 5.60 Å². The first-order valence-electron chi connectivity index (χ1n) is 7.09. The molecule has 1 amide bonds. The van der Waals surface area contributed by atoms with E-state index >= 15 is 0 Å². The van der Waals surface area contributed by atoms with Gasteiger partial charge in [0.25, 0.3) is 0 Å². The topological polar surface area (TPSA) is 49.8 Å². The summed E-state index contributed by atoms with van der Waals surface area (Å²) in [6.45, 7) is 7.46. The third kappa shape index (κ3) is 3.37. The van der Waals surface area contributed by atoms with Gasteiger partial charge < -0.3 is 14.7 Å². The van der Waals surface area contributed by atoms with E-state index in [0.29, 0.717) is 5.92 Å². The Balaban J connectivity index is 1.90. The summed E-state index contributed by atoms with van der Waals surface area (Å²) in [5.41, 5.74) is -0.429. The zero-order valence-corrected chi connectivity index (χ0v) is 13.0. The molecular formula is C14H25NO3S.